The van der Waals surface area contributed by atoms with Crippen molar-refractivity contribution in [2.45, 2.75) is 64.7 Å². The van der Waals surface area contributed by atoms with Crippen LogP contribution in [0.3, 0.4) is 0 Å². The van der Waals surface area contributed by atoms with Crippen molar-refractivity contribution < 1.29 is 14.3 Å². The summed E-state index contributed by atoms with van der Waals surface area (Å²) in [7, 11) is 0. The number of carbonyl (C=O) groups is 1. The quantitative estimate of drug-likeness (QED) is 0.788. The standard InChI is InChI=1S/C20H30N6O3/c1-5-14-16(25-18(27)29-19(2,3)4)20(12-28-14)6-8-26(9-7-20)17-13(10-21)23-11-15(22)24-17/h11,14,16H,5-9,12H2,1-4H3,(H2,22,24)(H,25,27)/t14-,16+/m0/s1. The van der Waals surface area contributed by atoms with Crippen LogP contribution in [0.25, 0.3) is 0 Å². The summed E-state index contributed by atoms with van der Waals surface area (Å²) in [4.78, 5) is 22.9. The van der Waals surface area contributed by atoms with Crippen molar-refractivity contribution in [3.63, 3.8) is 0 Å². The van der Waals surface area contributed by atoms with Crippen LogP contribution in [0.5, 0.6) is 0 Å². The Morgan fingerprint density at radius 3 is 2.76 bits per heavy atom. The molecular formula is C20H30N6O3. The van der Waals surface area contributed by atoms with Gasteiger partial charge in [0.1, 0.15) is 17.5 Å². The Labute approximate surface area is 171 Å². The molecule has 0 bridgehead atoms. The molecule has 0 aromatic carbocycles. The van der Waals surface area contributed by atoms with Crippen molar-refractivity contribution in [1.29, 1.82) is 5.26 Å². The summed E-state index contributed by atoms with van der Waals surface area (Å²) in [5.41, 5.74) is 5.32. The maximum atomic E-state index is 12.4. The second kappa shape index (κ2) is 8.03. The molecule has 0 aliphatic carbocycles. The number of nitrogens with two attached hydrogens (primary N) is 1. The maximum Gasteiger partial charge on any atom is 0.407 e. The van der Waals surface area contributed by atoms with E-state index in [-0.39, 0.29) is 23.3 Å². The van der Waals surface area contributed by atoms with Crippen LogP contribution in [0.1, 0.15) is 52.7 Å². The first-order valence-electron chi connectivity index (χ1n) is 10.1. The average Bonchev–Trinajstić information content (AvgIpc) is 2.98. The monoisotopic (exact) mass is 402 g/mol. The van der Waals surface area contributed by atoms with E-state index in [1.165, 1.54) is 6.20 Å². The van der Waals surface area contributed by atoms with Gasteiger partial charge in [0.25, 0.3) is 0 Å². The van der Waals surface area contributed by atoms with Gasteiger partial charge in [-0.25, -0.2) is 14.8 Å². The highest BCUT2D eigenvalue weighted by Crippen LogP contribution is 2.44. The number of carbonyl (C=O) groups excluding carboxylic acids is 1. The molecule has 2 aliphatic heterocycles. The third-order valence-corrected chi connectivity index (χ3v) is 5.63. The molecule has 2 saturated heterocycles. The first-order chi connectivity index (χ1) is 13.7. The Morgan fingerprint density at radius 1 is 1.48 bits per heavy atom. The number of hydrogen-bond donors (Lipinski definition) is 2. The number of nitrogens with zero attached hydrogens (tertiary/aromatic N) is 4. The normalized spacial score (nSPS) is 23.6. The minimum atomic E-state index is -0.554. The van der Waals surface area contributed by atoms with Crippen molar-refractivity contribution in [2.75, 3.05) is 30.3 Å². The van der Waals surface area contributed by atoms with Crippen molar-refractivity contribution in [3.05, 3.63) is 11.9 Å². The lowest BCUT2D eigenvalue weighted by Gasteiger charge is -2.43. The highest BCUT2D eigenvalue weighted by molar-refractivity contribution is 5.68. The minimum Gasteiger partial charge on any atom is -0.444 e. The van der Waals surface area contributed by atoms with Gasteiger partial charge in [0.2, 0.25) is 0 Å². The molecule has 29 heavy (non-hydrogen) atoms. The molecule has 2 aliphatic rings. The van der Waals surface area contributed by atoms with Crippen molar-refractivity contribution in [3.8, 4) is 6.07 Å². The number of nitriles is 1. The van der Waals surface area contributed by atoms with Gasteiger partial charge in [-0.15, -0.1) is 0 Å². The third-order valence-electron chi connectivity index (χ3n) is 5.63. The molecular weight excluding hydrogens is 372 g/mol. The fourth-order valence-corrected chi connectivity index (χ4v) is 4.20. The zero-order valence-electron chi connectivity index (χ0n) is 17.6. The number of piperidine rings is 1. The highest BCUT2D eigenvalue weighted by Gasteiger charge is 2.51. The van der Waals surface area contributed by atoms with Gasteiger partial charge in [-0.2, -0.15) is 5.26 Å². The molecule has 0 radical (unpaired) electrons. The highest BCUT2D eigenvalue weighted by atomic mass is 16.6. The molecule has 0 unspecified atom stereocenters. The van der Waals surface area contributed by atoms with E-state index in [1.54, 1.807) is 0 Å². The molecule has 1 aromatic heterocycles. The second-order valence-electron chi connectivity index (χ2n) is 8.81. The van der Waals surface area contributed by atoms with Gasteiger partial charge in [-0.3, -0.25) is 0 Å². The van der Waals surface area contributed by atoms with Crippen LogP contribution in [0.4, 0.5) is 16.4 Å². The number of ether oxygens (including phenoxy) is 2. The van der Waals surface area contributed by atoms with E-state index >= 15 is 0 Å². The van der Waals surface area contributed by atoms with Gasteiger partial charge in [0.05, 0.1) is 24.9 Å². The number of aromatic nitrogens is 2. The molecule has 3 rings (SSSR count). The minimum absolute atomic E-state index is 0.0455. The zero-order valence-corrected chi connectivity index (χ0v) is 17.6. The molecule has 2 atom stereocenters. The predicted molar refractivity (Wildman–Crippen MR) is 108 cm³/mol. The number of alkyl carbamates (subject to hydrolysis) is 1. The summed E-state index contributed by atoms with van der Waals surface area (Å²) < 4.78 is 11.5. The largest absolute Gasteiger partial charge is 0.444 e. The SMILES string of the molecule is CC[C@@H]1OCC2(CCN(c3nc(N)cnc3C#N)CC2)[C@@H]1NC(=O)OC(C)(C)C. The van der Waals surface area contributed by atoms with Crippen LogP contribution >= 0.6 is 0 Å². The average molecular weight is 402 g/mol. The third kappa shape index (κ3) is 4.53. The van der Waals surface area contributed by atoms with Crippen LogP contribution < -0.4 is 16.0 Å². The van der Waals surface area contributed by atoms with E-state index < -0.39 is 11.7 Å². The summed E-state index contributed by atoms with van der Waals surface area (Å²) in [5, 5.41) is 12.4. The maximum absolute atomic E-state index is 12.4. The summed E-state index contributed by atoms with van der Waals surface area (Å²) >= 11 is 0. The number of nitrogen functional groups attached to an aromatic ring is 1. The number of nitrogens with one attached hydrogen (secondary N) is 1. The van der Waals surface area contributed by atoms with Gasteiger partial charge in [-0.05, 0) is 40.0 Å². The number of amides is 1. The summed E-state index contributed by atoms with van der Waals surface area (Å²) in [6.45, 7) is 9.56. The summed E-state index contributed by atoms with van der Waals surface area (Å²) in [6, 6.07) is 1.97. The molecule has 1 spiro atoms. The van der Waals surface area contributed by atoms with E-state index in [2.05, 4.69) is 28.3 Å². The fourth-order valence-electron chi connectivity index (χ4n) is 4.20. The molecule has 3 heterocycles. The van der Waals surface area contributed by atoms with Crippen molar-refractivity contribution >= 4 is 17.7 Å². The lowest BCUT2D eigenvalue weighted by molar-refractivity contribution is 0.0422. The Kier molecular flexibility index (Phi) is 5.85. The van der Waals surface area contributed by atoms with E-state index in [4.69, 9.17) is 15.2 Å². The molecule has 158 valence electrons. The molecule has 0 saturated carbocycles. The van der Waals surface area contributed by atoms with Crippen molar-refractivity contribution in [1.82, 2.24) is 15.3 Å². The molecule has 1 aromatic rings. The Morgan fingerprint density at radius 2 is 2.17 bits per heavy atom. The number of hydrogen-bond acceptors (Lipinski definition) is 8. The van der Waals surface area contributed by atoms with Crippen LogP contribution in [0, 0.1) is 16.7 Å². The van der Waals surface area contributed by atoms with Gasteiger partial charge >= 0.3 is 6.09 Å². The fraction of sp³-hybridized carbons (Fsp3) is 0.700. The predicted octanol–water partition coefficient (Wildman–Crippen LogP) is 2.22. The zero-order chi connectivity index (χ0) is 21.2. The van der Waals surface area contributed by atoms with Crippen molar-refractivity contribution in [2.24, 2.45) is 5.41 Å². The molecule has 1 amide bonds. The van der Waals surface area contributed by atoms with Gasteiger partial charge < -0.3 is 25.4 Å². The number of anilines is 2. The van der Waals surface area contributed by atoms with E-state index in [0.717, 1.165) is 19.3 Å². The Hall–Kier alpha value is -2.60. The van der Waals surface area contributed by atoms with Crippen LogP contribution in [0.2, 0.25) is 0 Å². The van der Waals surface area contributed by atoms with Crippen LogP contribution in [-0.4, -0.2) is 53.5 Å². The number of rotatable bonds is 3. The summed E-state index contributed by atoms with van der Waals surface area (Å²) in [6.07, 6.45) is 3.34. The van der Waals surface area contributed by atoms with Gasteiger partial charge in [0.15, 0.2) is 11.5 Å². The second-order valence-corrected chi connectivity index (χ2v) is 8.81. The summed E-state index contributed by atoms with van der Waals surface area (Å²) in [5.74, 6) is 0.809. The van der Waals surface area contributed by atoms with Crippen LogP contribution in [0.15, 0.2) is 6.20 Å². The lowest BCUT2D eigenvalue weighted by atomic mass is 9.72. The van der Waals surface area contributed by atoms with Crippen LogP contribution in [-0.2, 0) is 9.47 Å². The molecule has 9 heteroatoms. The van der Waals surface area contributed by atoms with E-state index in [9.17, 15) is 10.1 Å². The molecule has 2 fully saturated rings. The van der Waals surface area contributed by atoms with E-state index in [0.29, 0.717) is 31.3 Å². The molecule has 9 nitrogen and oxygen atoms in total. The molecule has 3 N–H and O–H groups in total. The lowest BCUT2D eigenvalue weighted by Crippen LogP contribution is -2.55. The van der Waals surface area contributed by atoms with E-state index in [1.807, 2.05) is 25.7 Å². The topological polar surface area (TPSA) is 126 Å². The van der Waals surface area contributed by atoms with Gasteiger partial charge in [0, 0.05) is 18.5 Å². The first-order valence-corrected chi connectivity index (χ1v) is 10.1. The Balaban J connectivity index is 1.74. The first kappa shape index (κ1) is 21.1. The smallest absolute Gasteiger partial charge is 0.407 e. The van der Waals surface area contributed by atoms with Gasteiger partial charge in [-0.1, -0.05) is 6.92 Å². The Bertz CT molecular complexity index is 792.